The largest absolute Gasteiger partial charge is 0.462 e. The fourth-order valence-corrected chi connectivity index (χ4v) is 1.68. The zero-order chi connectivity index (χ0) is 12.1. The molecule has 4 nitrogen and oxygen atoms in total. The number of ether oxygens (including phenoxy) is 2. The minimum absolute atomic E-state index is 0.308. The third-order valence-electron chi connectivity index (χ3n) is 2.17. The summed E-state index contributed by atoms with van der Waals surface area (Å²) in [5, 5.41) is 0. The van der Waals surface area contributed by atoms with Crippen LogP contribution < -0.4 is 0 Å². The Bertz CT molecular complexity index is 362. The predicted octanol–water partition coefficient (Wildman–Crippen LogP) is 1.20. The van der Waals surface area contributed by atoms with Gasteiger partial charge in [0.1, 0.15) is 12.2 Å². The Kier molecular flexibility index (Phi) is 4.12. The van der Waals surface area contributed by atoms with Gasteiger partial charge in [0.15, 0.2) is 0 Å². The van der Waals surface area contributed by atoms with Crippen LogP contribution in [-0.2, 0) is 19.1 Å². The molecule has 1 rings (SSSR count). The van der Waals surface area contributed by atoms with E-state index in [9.17, 15) is 9.59 Å². The molecule has 0 bridgehead atoms. The number of rotatable bonds is 2. The highest BCUT2D eigenvalue weighted by atomic mass is 16.6. The molecule has 0 unspecified atom stereocenters. The minimum atomic E-state index is -0.401. The molecule has 0 aliphatic heterocycles. The molecule has 0 N–H and O–H groups in total. The van der Waals surface area contributed by atoms with Crippen LogP contribution in [0.1, 0.15) is 26.7 Å². The topological polar surface area (TPSA) is 52.6 Å². The molecule has 1 aliphatic rings. The summed E-state index contributed by atoms with van der Waals surface area (Å²) in [6.07, 6.45) is 7.28. The number of hydrogen-bond donors (Lipinski definition) is 0. The van der Waals surface area contributed by atoms with E-state index >= 15 is 0 Å². The monoisotopic (exact) mass is 222 g/mol. The summed E-state index contributed by atoms with van der Waals surface area (Å²) in [6, 6.07) is 0. The van der Waals surface area contributed by atoms with E-state index in [0.29, 0.717) is 18.4 Å². The summed E-state index contributed by atoms with van der Waals surface area (Å²) in [6.45, 7) is 2.67. The summed E-state index contributed by atoms with van der Waals surface area (Å²) in [5.74, 6) is 1.76. The molecule has 0 radical (unpaired) electrons. The van der Waals surface area contributed by atoms with Crippen molar-refractivity contribution in [1.29, 1.82) is 0 Å². The highest BCUT2D eigenvalue weighted by Crippen LogP contribution is 2.23. The van der Waals surface area contributed by atoms with Crippen LogP contribution >= 0.6 is 0 Å². The highest BCUT2D eigenvalue weighted by Gasteiger charge is 2.25. The Morgan fingerprint density at radius 1 is 1.38 bits per heavy atom. The average Bonchev–Trinajstić information content (AvgIpc) is 2.14. The van der Waals surface area contributed by atoms with Gasteiger partial charge in [-0.05, 0) is 6.08 Å². The van der Waals surface area contributed by atoms with Crippen LogP contribution in [0.2, 0.25) is 0 Å². The van der Waals surface area contributed by atoms with Crippen molar-refractivity contribution < 1.29 is 19.1 Å². The molecule has 0 fully saturated rings. The lowest BCUT2D eigenvalue weighted by atomic mass is 9.95. The summed E-state index contributed by atoms with van der Waals surface area (Å²) in [7, 11) is 0. The van der Waals surface area contributed by atoms with E-state index < -0.39 is 6.10 Å². The lowest BCUT2D eigenvalue weighted by Gasteiger charge is -2.26. The highest BCUT2D eigenvalue weighted by molar-refractivity contribution is 5.67. The second-order valence-corrected chi connectivity index (χ2v) is 3.66. The van der Waals surface area contributed by atoms with Crippen LogP contribution in [0.5, 0.6) is 0 Å². The Balaban J connectivity index is 2.69. The van der Waals surface area contributed by atoms with Gasteiger partial charge in [-0.1, -0.05) is 5.92 Å². The standard InChI is InChI=1S/C12H14O4/c1-4-10-5-11(15-8(2)13)7-12(6-10)16-9(3)14/h1,5,11-12H,6-7H2,2-3H3/t11-,12+/m0/s1. The van der Waals surface area contributed by atoms with Gasteiger partial charge in [0.05, 0.1) is 0 Å². The van der Waals surface area contributed by atoms with Gasteiger partial charge in [0, 0.05) is 32.3 Å². The molecule has 0 amide bonds. The smallest absolute Gasteiger partial charge is 0.303 e. The van der Waals surface area contributed by atoms with Crippen molar-refractivity contribution in [1.82, 2.24) is 0 Å². The van der Waals surface area contributed by atoms with Gasteiger partial charge in [0.2, 0.25) is 0 Å². The van der Waals surface area contributed by atoms with E-state index in [1.165, 1.54) is 13.8 Å². The number of terminal acetylenes is 1. The maximum atomic E-state index is 10.8. The number of carbonyl (C=O) groups excluding carboxylic acids is 2. The Labute approximate surface area is 94.6 Å². The molecule has 0 spiro atoms. The molecule has 16 heavy (non-hydrogen) atoms. The van der Waals surface area contributed by atoms with Crippen LogP contribution in [0.25, 0.3) is 0 Å². The third kappa shape index (κ3) is 3.77. The first-order valence-electron chi connectivity index (χ1n) is 5.03. The van der Waals surface area contributed by atoms with Gasteiger partial charge >= 0.3 is 11.9 Å². The quantitative estimate of drug-likeness (QED) is 0.520. The molecular weight excluding hydrogens is 208 g/mol. The zero-order valence-electron chi connectivity index (χ0n) is 9.36. The Morgan fingerprint density at radius 3 is 2.50 bits per heavy atom. The van der Waals surface area contributed by atoms with Crippen LogP contribution in [-0.4, -0.2) is 24.1 Å². The molecule has 0 aromatic carbocycles. The number of hydrogen-bond acceptors (Lipinski definition) is 4. The fraction of sp³-hybridized carbons (Fsp3) is 0.500. The van der Waals surface area contributed by atoms with Gasteiger partial charge in [-0.25, -0.2) is 0 Å². The van der Waals surface area contributed by atoms with Crippen molar-refractivity contribution in [2.24, 2.45) is 0 Å². The number of carbonyl (C=O) groups is 2. The van der Waals surface area contributed by atoms with Crippen molar-refractivity contribution >= 4 is 11.9 Å². The first-order valence-corrected chi connectivity index (χ1v) is 5.03. The molecular formula is C12H14O4. The maximum Gasteiger partial charge on any atom is 0.303 e. The Morgan fingerprint density at radius 2 is 2.00 bits per heavy atom. The molecule has 0 aromatic rings. The van der Waals surface area contributed by atoms with Crippen molar-refractivity contribution in [3.63, 3.8) is 0 Å². The summed E-state index contributed by atoms with van der Waals surface area (Å²) in [5.41, 5.74) is 0.698. The maximum absolute atomic E-state index is 10.8. The molecule has 0 heterocycles. The lowest BCUT2D eigenvalue weighted by molar-refractivity contribution is -0.151. The van der Waals surface area contributed by atoms with Crippen molar-refractivity contribution in [2.75, 3.05) is 0 Å². The lowest BCUT2D eigenvalue weighted by Crippen LogP contribution is -2.29. The fourth-order valence-electron chi connectivity index (χ4n) is 1.68. The van der Waals surface area contributed by atoms with E-state index in [4.69, 9.17) is 15.9 Å². The van der Waals surface area contributed by atoms with Crippen LogP contribution in [0, 0.1) is 12.3 Å². The van der Waals surface area contributed by atoms with Crippen LogP contribution in [0.15, 0.2) is 11.6 Å². The van der Waals surface area contributed by atoms with Gasteiger partial charge in [-0.2, -0.15) is 0 Å². The van der Waals surface area contributed by atoms with Gasteiger partial charge in [-0.3, -0.25) is 9.59 Å². The van der Waals surface area contributed by atoms with Crippen LogP contribution in [0.3, 0.4) is 0 Å². The number of esters is 2. The molecule has 2 atom stereocenters. The molecule has 1 aliphatic carbocycles. The first kappa shape index (κ1) is 12.3. The minimum Gasteiger partial charge on any atom is -0.462 e. The van der Waals surface area contributed by atoms with E-state index in [0.717, 1.165) is 0 Å². The van der Waals surface area contributed by atoms with Gasteiger partial charge in [-0.15, -0.1) is 6.42 Å². The SMILES string of the molecule is C#CC1=C[C@H](OC(C)=O)C[C@H](OC(C)=O)C1. The second-order valence-electron chi connectivity index (χ2n) is 3.66. The Hall–Kier alpha value is -1.76. The van der Waals surface area contributed by atoms with E-state index in [1.807, 2.05) is 0 Å². The molecule has 0 saturated heterocycles. The third-order valence-corrected chi connectivity index (χ3v) is 2.17. The van der Waals surface area contributed by atoms with Crippen molar-refractivity contribution in [3.8, 4) is 12.3 Å². The predicted molar refractivity (Wildman–Crippen MR) is 57.3 cm³/mol. The van der Waals surface area contributed by atoms with Gasteiger partial charge < -0.3 is 9.47 Å². The summed E-state index contributed by atoms with van der Waals surface area (Å²) < 4.78 is 10.1. The second kappa shape index (κ2) is 5.36. The molecule has 86 valence electrons. The van der Waals surface area contributed by atoms with Crippen molar-refractivity contribution in [2.45, 2.75) is 38.9 Å². The van der Waals surface area contributed by atoms with E-state index in [1.54, 1.807) is 6.08 Å². The molecule has 4 heteroatoms. The summed E-state index contributed by atoms with van der Waals surface area (Å²) >= 11 is 0. The van der Waals surface area contributed by atoms with Gasteiger partial charge in [0.25, 0.3) is 0 Å². The first-order chi connectivity index (χ1) is 7.51. The zero-order valence-corrected chi connectivity index (χ0v) is 9.36. The van der Waals surface area contributed by atoms with Crippen LogP contribution in [0.4, 0.5) is 0 Å². The normalized spacial score (nSPS) is 23.9. The van der Waals surface area contributed by atoms with E-state index in [2.05, 4.69) is 5.92 Å². The summed E-state index contributed by atoms with van der Waals surface area (Å²) in [4.78, 5) is 21.7. The van der Waals surface area contributed by atoms with E-state index in [-0.39, 0.29) is 18.0 Å². The average molecular weight is 222 g/mol. The van der Waals surface area contributed by atoms with Crippen molar-refractivity contribution in [3.05, 3.63) is 11.6 Å². The molecule has 0 saturated carbocycles. The molecule has 0 aromatic heterocycles.